The van der Waals surface area contributed by atoms with Crippen molar-refractivity contribution in [1.29, 1.82) is 0 Å². The van der Waals surface area contributed by atoms with Gasteiger partial charge in [0.2, 0.25) is 0 Å². The summed E-state index contributed by atoms with van der Waals surface area (Å²) in [5.74, 6) is 0.490. The first-order chi connectivity index (χ1) is 10.5. The third-order valence-electron chi connectivity index (χ3n) is 3.67. The van der Waals surface area contributed by atoms with Crippen LogP contribution >= 0.6 is 11.6 Å². The van der Waals surface area contributed by atoms with E-state index in [4.69, 9.17) is 11.6 Å². The molecule has 0 unspecified atom stereocenters. The monoisotopic (exact) mass is 310 g/mol. The molecule has 3 nitrogen and oxygen atoms in total. The zero-order chi connectivity index (χ0) is 15.7. The number of halogens is 1. The van der Waals surface area contributed by atoms with Crippen LogP contribution in [0.1, 0.15) is 22.5 Å². The first kappa shape index (κ1) is 14.5. The summed E-state index contributed by atoms with van der Waals surface area (Å²) < 4.78 is 0. The van der Waals surface area contributed by atoms with E-state index in [9.17, 15) is 4.79 Å². The Morgan fingerprint density at radius 1 is 1.09 bits per heavy atom. The fourth-order valence-corrected chi connectivity index (χ4v) is 2.48. The molecule has 0 amide bonds. The number of aryl methyl sites for hydroxylation is 2. The van der Waals surface area contributed by atoms with Crippen LogP contribution < -0.4 is 5.56 Å². The Hall–Kier alpha value is -2.39. The van der Waals surface area contributed by atoms with Crippen LogP contribution in [0.15, 0.2) is 41.2 Å². The van der Waals surface area contributed by atoms with Gasteiger partial charge in [-0.15, -0.1) is 0 Å². The van der Waals surface area contributed by atoms with Gasteiger partial charge in [0.15, 0.2) is 0 Å². The summed E-state index contributed by atoms with van der Waals surface area (Å²) >= 11 is 6.12. The SMILES string of the molecule is Cc1ccc(/C=C/c2nc3c(Cl)cccc3c(=O)[nH]2)cc1C. The van der Waals surface area contributed by atoms with Crippen molar-refractivity contribution in [2.45, 2.75) is 13.8 Å². The van der Waals surface area contributed by atoms with Crippen molar-refractivity contribution in [2.75, 3.05) is 0 Å². The number of rotatable bonds is 2. The average molecular weight is 311 g/mol. The molecule has 3 aromatic rings. The Morgan fingerprint density at radius 3 is 2.68 bits per heavy atom. The molecule has 0 bridgehead atoms. The van der Waals surface area contributed by atoms with Gasteiger partial charge in [-0.05, 0) is 48.7 Å². The molecule has 1 heterocycles. The van der Waals surface area contributed by atoms with Gasteiger partial charge in [-0.3, -0.25) is 4.79 Å². The first-order valence-corrected chi connectivity index (χ1v) is 7.36. The highest BCUT2D eigenvalue weighted by Crippen LogP contribution is 2.19. The Balaban J connectivity index is 2.03. The van der Waals surface area contributed by atoms with E-state index in [1.54, 1.807) is 24.3 Å². The quantitative estimate of drug-likeness (QED) is 0.764. The molecule has 110 valence electrons. The Bertz CT molecular complexity index is 941. The predicted molar refractivity (Wildman–Crippen MR) is 92.2 cm³/mol. The fourth-order valence-electron chi connectivity index (χ4n) is 2.27. The van der Waals surface area contributed by atoms with Gasteiger partial charge in [-0.2, -0.15) is 0 Å². The lowest BCUT2D eigenvalue weighted by Gasteiger charge is -2.02. The lowest BCUT2D eigenvalue weighted by Crippen LogP contribution is -2.09. The molecule has 1 aromatic heterocycles. The standard InChI is InChI=1S/C18H15ClN2O/c1-11-6-7-13(10-12(11)2)8-9-16-20-17-14(18(22)21-16)4-3-5-15(17)19/h3-10H,1-2H3,(H,20,21,22)/b9-8+. The third kappa shape index (κ3) is 2.81. The van der Waals surface area contributed by atoms with Crippen molar-refractivity contribution < 1.29 is 0 Å². The predicted octanol–water partition coefficient (Wildman–Crippen LogP) is 4.36. The van der Waals surface area contributed by atoms with Gasteiger partial charge in [0.25, 0.3) is 5.56 Å². The molecule has 4 heteroatoms. The molecule has 2 aromatic carbocycles. The number of aromatic nitrogens is 2. The summed E-state index contributed by atoms with van der Waals surface area (Å²) in [6.45, 7) is 4.15. The highest BCUT2D eigenvalue weighted by Gasteiger charge is 2.05. The lowest BCUT2D eigenvalue weighted by atomic mass is 10.1. The largest absolute Gasteiger partial charge is 0.306 e. The van der Waals surface area contributed by atoms with Crippen molar-refractivity contribution in [3.63, 3.8) is 0 Å². The number of benzene rings is 2. The number of para-hydroxylation sites is 1. The average Bonchev–Trinajstić information content (AvgIpc) is 2.50. The van der Waals surface area contributed by atoms with E-state index in [0.717, 1.165) is 5.56 Å². The summed E-state index contributed by atoms with van der Waals surface area (Å²) in [6.07, 6.45) is 3.71. The first-order valence-electron chi connectivity index (χ1n) is 6.98. The number of nitrogens with one attached hydrogen (secondary N) is 1. The summed E-state index contributed by atoms with van der Waals surface area (Å²) in [5, 5.41) is 0.972. The van der Waals surface area contributed by atoms with Crippen LogP contribution in [0.2, 0.25) is 5.02 Å². The molecule has 0 aliphatic rings. The van der Waals surface area contributed by atoms with Crippen molar-refractivity contribution >= 4 is 34.7 Å². The van der Waals surface area contributed by atoms with Crippen LogP contribution in [0.25, 0.3) is 23.1 Å². The van der Waals surface area contributed by atoms with E-state index in [1.165, 1.54) is 11.1 Å². The van der Waals surface area contributed by atoms with Crippen molar-refractivity contribution in [2.24, 2.45) is 0 Å². The molecule has 0 atom stereocenters. The second-order valence-electron chi connectivity index (χ2n) is 5.26. The van der Waals surface area contributed by atoms with E-state index >= 15 is 0 Å². The summed E-state index contributed by atoms with van der Waals surface area (Å²) in [7, 11) is 0. The lowest BCUT2D eigenvalue weighted by molar-refractivity contribution is 1.14. The molecule has 0 aliphatic heterocycles. The van der Waals surface area contributed by atoms with Gasteiger partial charge in [0.05, 0.1) is 15.9 Å². The molecule has 3 rings (SSSR count). The number of hydrogen-bond donors (Lipinski definition) is 1. The second-order valence-corrected chi connectivity index (χ2v) is 5.67. The molecule has 0 spiro atoms. The molecule has 22 heavy (non-hydrogen) atoms. The Morgan fingerprint density at radius 2 is 1.91 bits per heavy atom. The van der Waals surface area contributed by atoms with Crippen LogP contribution in [0.3, 0.4) is 0 Å². The fraction of sp³-hybridized carbons (Fsp3) is 0.111. The number of nitrogens with zero attached hydrogens (tertiary/aromatic N) is 1. The number of aromatic amines is 1. The maximum atomic E-state index is 12.1. The zero-order valence-electron chi connectivity index (χ0n) is 12.4. The van der Waals surface area contributed by atoms with Crippen molar-refractivity contribution in [3.05, 3.63) is 74.3 Å². The van der Waals surface area contributed by atoms with Gasteiger partial charge in [-0.25, -0.2) is 4.98 Å². The maximum absolute atomic E-state index is 12.1. The smallest absolute Gasteiger partial charge is 0.259 e. The highest BCUT2D eigenvalue weighted by atomic mass is 35.5. The van der Waals surface area contributed by atoms with Crippen molar-refractivity contribution in [3.8, 4) is 0 Å². The van der Waals surface area contributed by atoms with E-state index in [2.05, 4.69) is 35.9 Å². The Kier molecular flexibility index (Phi) is 3.82. The number of H-pyrrole nitrogens is 1. The molecule has 0 fully saturated rings. The van der Waals surface area contributed by atoms with Crippen LogP contribution in [-0.2, 0) is 0 Å². The molecule has 0 saturated heterocycles. The van der Waals surface area contributed by atoms with E-state index in [0.29, 0.717) is 21.7 Å². The van der Waals surface area contributed by atoms with Crippen LogP contribution in [-0.4, -0.2) is 9.97 Å². The van der Waals surface area contributed by atoms with Crippen LogP contribution in [0.4, 0.5) is 0 Å². The molecular formula is C18H15ClN2O. The second kappa shape index (κ2) is 5.78. The van der Waals surface area contributed by atoms with Crippen LogP contribution in [0.5, 0.6) is 0 Å². The van der Waals surface area contributed by atoms with E-state index in [1.807, 2.05) is 12.1 Å². The molecule has 0 aliphatic carbocycles. The minimum Gasteiger partial charge on any atom is -0.306 e. The molecule has 1 N–H and O–H groups in total. The van der Waals surface area contributed by atoms with Gasteiger partial charge in [0, 0.05) is 0 Å². The van der Waals surface area contributed by atoms with Crippen LogP contribution in [0, 0.1) is 13.8 Å². The highest BCUT2D eigenvalue weighted by molar-refractivity contribution is 6.35. The molecular weight excluding hydrogens is 296 g/mol. The zero-order valence-corrected chi connectivity index (χ0v) is 13.1. The summed E-state index contributed by atoms with van der Waals surface area (Å²) in [6, 6.07) is 11.4. The minimum atomic E-state index is -0.188. The van der Waals surface area contributed by atoms with E-state index in [-0.39, 0.29) is 5.56 Å². The molecule has 0 radical (unpaired) electrons. The van der Waals surface area contributed by atoms with Gasteiger partial charge >= 0.3 is 0 Å². The van der Waals surface area contributed by atoms with Gasteiger partial charge in [-0.1, -0.05) is 41.9 Å². The Labute approximate surface area is 133 Å². The maximum Gasteiger partial charge on any atom is 0.259 e. The number of hydrogen-bond acceptors (Lipinski definition) is 2. The summed E-state index contributed by atoms with van der Waals surface area (Å²) in [4.78, 5) is 19.3. The molecule has 0 saturated carbocycles. The van der Waals surface area contributed by atoms with E-state index < -0.39 is 0 Å². The topological polar surface area (TPSA) is 45.8 Å². The van der Waals surface area contributed by atoms with Crippen molar-refractivity contribution in [1.82, 2.24) is 9.97 Å². The summed E-state index contributed by atoms with van der Waals surface area (Å²) in [5.41, 5.74) is 3.87. The normalized spacial score (nSPS) is 11.4. The van der Waals surface area contributed by atoms with Gasteiger partial charge < -0.3 is 4.98 Å². The third-order valence-corrected chi connectivity index (χ3v) is 3.97. The minimum absolute atomic E-state index is 0.188. The van der Waals surface area contributed by atoms with Gasteiger partial charge in [0.1, 0.15) is 5.82 Å². The number of fused-ring (bicyclic) bond motifs is 1.